The van der Waals surface area contributed by atoms with E-state index in [0.717, 1.165) is 12.1 Å². The third-order valence-corrected chi connectivity index (χ3v) is 5.77. The molecular formula is C27H28F6N4O3. The number of benzene rings is 2. The number of carbonyl (C=O) groups is 1. The highest BCUT2D eigenvalue weighted by Gasteiger charge is 2.52. The number of aromatic nitrogens is 3. The zero-order valence-corrected chi connectivity index (χ0v) is 22.3. The molecule has 0 aliphatic rings. The molecule has 13 heteroatoms. The lowest BCUT2D eigenvalue weighted by atomic mass is 9.91. The van der Waals surface area contributed by atoms with Gasteiger partial charge in [0.1, 0.15) is 11.2 Å². The monoisotopic (exact) mass is 570 g/mol. The Labute approximate surface area is 226 Å². The molecule has 7 nitrogen and oxygen atoms in total. The summed E-state index contributed by atoms with van der Waals surface area (Å²) in [5, 5.41) is 12.2. The van der Waals surface area contributed by atoms with E-state index in [1.807, 2.05) is 20.8 Å². The van der Waals surface area contributed by atoms with Crippen LogP contribution in [0.3, 0.4) is 0 Å². The van der Waals surface area contributed by atoms with E-state index in [-0.39, 0.29) is 16.8 Å². The maximum absolute atomic E-state index is 13.8. The van der Waals surface area contributed by atoms with Gasteiger partial charge in [0.05, 0.1) is 12.2 Å². The predicted octanol–water partition coefficient (Wildman–Crippen LogP) is 6.56. The number of rotatable bonds is 7. The Morgan fingerprint density at radius 2 is 1.48 bits per heavy atom. The number of alkyl halides is 6. The van der Waals surface area contributed by atoms with E-state index in [0.29, 0.717) is 37.8 Å². The summed E-state index contributed by atoms with van der Waals surface area (Å²) in [5.41, 5.74) is -4.11. The molecule has 0 aliphatic heterocycles. The number of hydrogen-bond acceptors (Lipinski definition) is 6. The van der Waals surface area contributed by atoms with E-state index in [9.17, 15) is 36.2 Å². The second kappa shape index (κ2) is 10.9. The topological polar surface area (TPSA) is 97.2 Å². The van der Waals surface area contributed by atoms with Crippen LogP contribution in [0.25, 0.3) is 22.8 Å². The lowest BCUT2D eigenvalue weighted by Gasteiger charge is -2.26. The average molecular weight is 571 g/mol. The summed E-state index contributed by atoms with van der Waals surface area (Å²) in [4.78, 5) is 23.7. The molecule has 216 valence electrons. The van der Waals surface area contributed by atoms with Crippen molar-refractivity contribution < 1.29 is 41.0 Å². The summed E-state index contributed by atoms with van der Waals surface area (Å²) in [5.74, 6) is -1.45. The lowest BCUT2D eigenvalue weighted by Crippen LogP contribution is -2.46. The standard InChI is InChI=1S/C27H28F6N4O3/c1-24(2,3)14-40-17-9-7-16(8-10-17)20-35-21(37-23(39)36-20)18-12-15(6-11-19(18)26(28,29)30)13-34-22(38)25(4,5)27(31,32)33/h6-12H,13-14H2,1-5H3,(H,34,38)(H,35,36,37,39). The first-order valence-corrected chi connectivity index (χ1v) is 12.0. The number of ether oxygens (including phenoxy) is 1. The summed E-state index contributed by atoms with van der Waals surface area (Å²) in [6.45, 7) is 7.32. The molecule has 2 aromatic carbocycles. The molecule has 3 aromatic rings. The van der Waals surface area contributed by atoms with Gasteiger partial charge in [-0.05, 0) is 61.2 Å². The van der Waals surface area contributed by atoms with Gasteiger partial charge in [0, 0.05) is 17.7 Å². The van der Waals surface area contributed by atoms with Gasteiger partial charge in [-0.3, -0.25) is 4.79 Å². The van der Waals surface area contributed by atoms with E-state index >= 15 is 0 Å². The molecule has 0 bridgehead atoms. The van der Waals surface area contributed by atoms with Crippen LogP contribution in [-0.4, -0.2) is 38.7 Å². The Bertz CT molecular complexity index is 1360. The minimum Gasteiger partial charge on any atom is -0.493 e. The molecule has 0 radical (unpaired) electrons. The molecule has 0 saturated carbocycles. The van der Waals surface area contributed by atoms with Crippen molar-refractivity contribution in [2.45, 2.75) is 53.5 Å². The Morgan fingerprint density at radius 1 is 0.875 bits per heavy atom. The molecular weight excluding hydrogens is 542 g/mol. The van der Waals surface area contributed by atoms with Gasteiger partial charge in [0.15, 0.2) is 11.6 Å². The van der Waals surface area contributed by atoms with Gasteiger partial charge in [0.25, 0.3) is 0 Å². The van der Waals surface area contributed by atoms with E-state index in [2.05, 4.69) is 20.3 Å². The number of carbonyl (C=O) groups excluding carboxylic acids is 1. The van der Waals surface area contributed by atoms with E-state index in [1.165, 1.54) is 0 Å². The maximum Gasteiger partial charge on any atom is 0.417 e. The van der Waals surface area contributed by atoms with Gasteiger partial charge in [-0.2, -0.15) is 36.3 Å². The third kappa shape index (κ3) is 7.39. The smallest absolute Gasteiger partial charge is 0.417 e. The summed E-state index contributed by atoms with van der Waals surface area (Å²) < 4.78 is 86.7. The summed E-state index contributed by atoms with van der Waals surface area (Å²) >= 11 is 0. The predicted molar refractivity (Wildman–Crippen MR) is 134 cm³/mol. The Kier molecular flexibility index (Phi) is 8.37. The Hall–Kier alpha value is -3.90. The first-order valence-electron chi connectivity index (χ1n) is 12.0. The fourth-order valence-electron chi connectivity index (χ4n) is 3.28. The lowest BCUT2D eigenvalue weighted by molar-refractivity contribution is -0.211. The molecule has 0 fully saturated rings. The zero-order chi connectivity index (χ0) is 30.1. The first kappa shape index (κ1) is 30.6. The molecule has 40 heavy (non-hydrogen) atoms. The van der Waals surface area contributed by atoms with Crippen LogP contribution in [0.2, 0.25) is 0 Å². The molecule has 1 amide bonds. The number of amides is 1. The summed E-state index contributed by atoms with van der Waals surface area (Å²) in [6.07, 6.45) is -9.69. The van der Waals surface area contributed by atoms with Crippen LogP contribution in [0, 0.1) is 10.8 Å². The minimum atomic E-state index is -4.86. The van der Waals surface area contributed by atoms with Crippen LogP contribution >= 0.6 is 0 Å². The molecule has 1 aromatic heterocycles. The van der Waals surface area contributed by atoms with Crippen molar-refractivity contribution in [3.05, 3.63) is 53.6 Å². The van der Waals surface area contributed by atoms with E-state index < -0.39 is 53.2 Å². The van der Waals surface area contributed by atoms with Crippen molar-refractivity contribution in [2.24, 2.45) is 10.8 Å². The van der Waals surface area contributed by atoms with Gasteiger partial charge in [-0.15, -0.1) is 0 Å². The maximum atomic E-state index is 13.8. The highest BCUT2D eigenvalue weighted by molar-refractivity contribution is 5.82. The Morgan fingerprint density at radius 3 is 2.02 bits per heavy atom. The number of hydrogen-bond donors (Lipinski definition) is 2. The van der Waals surface area contributed by atoms with Gasteiger partial charge >= 0.3 is 18.4 Å². The first-order chi connectivity index (χ1) is 18.3. The molecule has 0 spiro atoms. The van der Waals surface area contributed by atoms with Crippen LogP contribution in [0.4, 0.5) is 26.3 Å². The van der Waals surface area contributed by atoms with Crippen LogP contribution in [0.5, 0.6) is 11.8 Å². The third-order valence-electron chi connectivity index (χ3n) is 5.77. The number of halogens is 6. The number of nitrogens with one attached hydrogen (secondary N) is 1. The molecule has 2 N–H and O–H groups in total. The second-order valence-corrected chi connectivity index (χ2v) is 10.8. The van der Waals surface area contributed by atoms with Crippen molar-refractivity contribution in [3.63, 3.8) is 0 Å². The van der Waals surface area contributed by atoms with Gasteiger partial charge in [-0.1, -0.05) is 26.8 Å². The van der Waals surface area contributed by atoms with Crippen molar-refractivity contribution in [1.82, 2.24) is 20.3 Å². The molecule has 0 aliphatic carbocycles. The van der Waals surface area contributed by atoms with Crippen molar-refractivity contribution in [1.29, 1.82) is 0 Å². The van der Waals surface area contributed by atoms with Gasteiger partial charge < -0.3 is 15.2 Å². The fourth-order valence-corrected chi connectivity index (χ4v) is 3.28. The SMILES string of the molecule is CC(C)(C)COc1ccc(-c2nc(O)nc(-c3cc(CNC(=O)C(C)(C)C(F)(F)F)ccc3C(F)(F)F)n2)cc1. The fraction of sp³-hybridized carbons (Fsp3) is 0.407. The van der Waals surface area contributed by atoms with Crippen molar-refractivity contribution >= 4 is 5.91 Å². The van der Waals surface area contributed by atoms with Crippen molar-refractivity contribution in [3.8, 4) is 34.5 Å². The van der Waals surface area contributed by atoms with E-state index in [4.69, 9.17) is 4.74 Å². The number of aromatic hydroxyl groups is 1. The van der Waals surface area contributed by atoms with Crippen LogP contribution in [0.15, 0.2) is 42.5 Å². The van der Waals surface area contributed by atoms with Crippen LogP contribution in [-0.2, 0) is 17.5 Å². The van der Waals surface area contributed by atoms with Gasteiger partial charge in [-0.25, -0.2) is 4.98 Å². The quantitative estimate of drug-likeness (QED) is 0.313. The summed E-state index contributed by atoms with van der Waals surface area (Å²) in [6, 6.07) is 8.24. The normalized spacial score (nSPS) is 12.8. The Balaban J connectivity index is 1.96. The second-order valence-electron chi connectivity index (χ2n) is 10.8. The van der Waals surface area contributed by atoms with Crippen LogP contribution < -0.4 is 10.1 Å². The number of nitrogens with zero attached hydrogens (tertiary/aromatic N) is 3. The summed E-state index contributed by atoms with van der Waals surface area (Å²) in [7, 11) is 0. The van der Waals surface area contributed by atoms with Crippen LogP contribution in [0.1, 0.15) is 45.7 Å². The highest BCUT2D eigenvalue weighted by atomic mass is 19.4. The van der Waals surface area contributed by atoms with Crippen molar-refractivity contribution in [2.75, 3.05) is 6.61 Å². The molecule has 0 saturated heterocycles. The highest BCUT2D eigenvalue weighted by Crippen LogP contribution is 2.39. The zero-order valence-electron chi connectivity index (χ0n) is 22.3. The largest absolute Gasteiger partial charge is 0.493 e. The molecule has 0 atom stereocenters. The minimum absolute atomic E-state index is 0.0520. The molecule has 3 rings (SSSR count). The van der Waals surface area contributed by atoms with Gasteiger partial charge in [0.2, 0.25) is 5.91 Å². The molecule has 0 unspecified atom stereocenters. The molecule has 1 heterocycles. The van der Waals surface area contributed by atoms with E-state index in [1.54, 1.807) is 24.3 Å². The average Bonchev–Trinajstić information content (AvgIpc) is 2.84.